The molecule has 164 valence electrons. The van der Waals surface area contributed by atoms with Gasteiger partial charge in [0.1, 0.15) is 5.82 Å². The second-order valence-electron chi connectivity index (χ2n) is 8.03. The van der Waals surface area contributed by atoms with E-state index in [1.165, 1.54) is 0 Å². The summed E-state index contributed by atoms with van der Waals surface area (Å²) < 4.78 is 7.05. The average Bonchev–Trinajstić information content (AvgIpc) is 3.18. The van der Waals surface area contributed by atoms with Crippen LogP contribution in [-0.4, -0.2) is 53.2 Å². The molecule has 1 saturated heterocycles. The van der Waals surface area contributed by atoms with E-state index in [1.54, 1.807) is 22.8 Å². The minimum absolute atomic E-state index is 0.0595. The van der Waals surface area contributed by atoms with Gasteiger partial charge >= 0.3 is 0 Å². The molecule has 1 N–H and O–H groups in total. The van der Waals surface area contributed by atoms with Crippen molar-refractivity contribution in [3.8, 4) is 0 Å². The van der Waals surface area contributed by atoms with Gasteiger partial charge in [-0.2, -0.15) is 0 Å². The number of rotatable bonds is 4. The Labute approximate surface area is 190 Å². The fourth-order valence-electron chi connectivity index (χ4n) is 4.16. The molecule has 0 unspecified atom stereocenters. The van der Waals surface area contributed by atoms with Crippen molar-refractivity contribution in [3.05, 3.63) is 69.2 Å². The van der Waals surface area contributed by atoms with Crippen LogP contribution in [0.5, 0.6) is 0 Å². The molecule has 5 rings (SSSR count). The third-order valence-electron chi connectivity index (χ3n) is 5.81. The highest BCUT2D eigenvalue weighted by molar-refractivity contribution is 6.30. The molecular weight excluding hydrogens is 428 g/mol. The topological polar surface area (TPSA) is 76.5 Å². The SMILES string of the molecule is O=C(CN1CCOCC1)Nc1ccc2c(=O)n3c(nc2c1)C(=Cc1ccc(Cl)cc1)CC3. The fraction of sp³-hybridized carbons (Fsp3) is 0.292. The molecule has 7 nitrogen and oxygen atoms in total. The van der Waals surface area contributed by atoms with E-state index in [9.17, 15) is 9.59 Å². The van der Waals surface area contributed by atoms with Crippen molar-refractivity contribution < 1.29 is 9.53 Å². The van der Waals surface area contributed by atoms with Crippen molar-refractivity contribution in [2.45, 2.75) is 13.0 Å². The van der Waals surface area contributed by atoms with Gasteiger partial charge in [-0.15, -0.1) is 0 Å². The van der Waals surface area contributed by atoms with Gasteiger partial charge in [0.2, 0.25) is 5.91 Å². The summed E-state index contributed by atoms with van der Waals surface area (Å²) in [6.45, 7) is 3.71. The predicted octanol–water partition coefficient (Wildman–Crippen LogP) is 3.26. The molecule has 0 atom stereocenters. The van der Waals surface area contributed by atoms with Gasteiger partial charge in [-0.25, -0.2) is 4.98 Å². The van der Waals surface area contributed by atoms with Crippen LogP contribution in [0.4, 0.5) is 5.69 Å². The molecule has 2 aliphatic rings. The average molecular weight is 451 g/mol. The molecule has 3 heterocycles. The van der Waals surface area contributed by atoms with Gasteiger partial charge in [-0.05, 0) is 54.0 Å². The first-order chi connectivity index (χ1) is 15.6. The Balaban J connectivity index is 1.42. The van der Waals surface area contributed by atoms with Crippen molar-refractivity contribution >= 4 is 45.7 Å². The number of carbonyl (C=O) groups is 1. The molecule has 0 radical (unpaired) electrons. The van der Waals surface area contributed by atoms with Crippen LogP contribution in [0.2, 0.25) is 5.02 Å². The van der Waals surface area contributed by atoms with Crippen LogP contribution in [0.3, 0.4) is 0 Å². The molecule has 0 saturated carbocycles. The zero-order valence-electron chi connectivity index (χ0n) is 17.5. The van der Waals surface area contributed by atoms with Crippen molar-refractivity contribution in [1.82, 2.24) is 14.5 Å². The standard InChI is InChI=1S/C24H23ClN4O3/c25-18-3-1-16(2-4-18)13-17-7-8-29-23(17)27-21-14-19(5-6-20(21)24(29)31)26-22(30)15-28-9-11-32-12-10-28/h1-6,13-14H,7-12,15H2,(H,26,30). The molecular formula is C24H23ClN4O3. The normalized spacial score (nSPS) is 17.6. The minimum Gasteiger partial charge on any atom is -0.379 e. The Morgan fingerprint density at radius 1 is 1.12 bits per heavy atom. The number of carbonyl (C=O) groups excluding carboxylic acids is 1. The summed E-state index contributed by atoms with van der Waals surface area (Å²) in [5, 5.41) is 4.16. The second kappa shape index (κ2) is 8.86. The molecule has 1 aromatic heterocycles. The third-order valence-corrected chi connectivity index (χ3v) is 6.06. The third kappa shape index (κ3) is 4.32. The van der Waals surface area contributed by atoms with Gasteiger partial charge in [0.05, 0.1) is 30.7 Å². The Kier molecular flexibility index (Phi) is 5.78. The zero-order valence-corrected chi connectivity index (χ0v) is 18.3. The molecule has 32 heavy (non-hydrogen) atoms. The van der Waals surface area contributed by atoms with Gasteiger partial charge in [0.15, 0.2) is 0 Å². The van der Waals surface area contributed by atoms with Crippen LogP contribution in [0.1, 0.15) is 17.8 Å². The fourth-order valence-corrected chi connectivity index (χ4v) is 4.28. The lowest BCUT2D eigenvalue weighted by Gasteiger charge is -2.25. The van der Waals surface area contributed by atoms with Gasteiger partial charge in [0.25, 0.3) is 5.56 Å². The molecule has 0 aliphatic carbocycles. The smallest absolute Gasteiger partial charge is 0.261 e. The number of benzene rings is 2. The van der Waals surface area contributed by atoms with E-state index >= 15 is 0 Å². The van der Waals surface area contributed by atoms with E-state index in [1.807, 2.05) is 30.3 Å². The van der Waals surface area contributed by atoms with E-state index in [4.69, 9.17) is 21.3 Å². The lowest BCUT2D eigenvalue weighted by atomic mass is 10.1. The molecule has 2 aromatic carbocycles. The number of morpholine rings is 1. The van der Waals surface area contributed by atoms with E-state index in [0.29, 0.717) is 53.7 Å². The van der Waals surface area contributed by atoms with Crippen LogP contribution in [-0.2, 0) is 16.1 Å². The van der Waals surface area contributed by atoms with E-state index < -0.39 is 0 Å². The maximum atomic E-state index is 13.0. The molecule has 8 heteroatoms. The minimum atomic E-state index is -0.0903. The van der Waals surface area contributed by atoms with Gasteiger partial charge in [0, 0.05) is 30.3 Å². The Morgan fingerprint density at radius 3 is 2.69 bits per heavy atom. The number of hydrogen-bond donors (Lipinski definition) is 1. The number of anilines is 1. The number of amides is 1. The summed E-state index contributed by atoms with van der Waals surface area (Å²) in [4.78, 5) is 32.3. The molecule has 0 spiro atoms. The van der Waals surface area contributed by atoms with Crippen molar-refractivity contribution in [1.29, 1.82) is 0 Å². The highest BCUT2D eigenvalue weighted by atomic mass is 35.5. The first-order valence-corrected chi connectivity index (χ1v) is 11.1. The summed E-state index contributed by atoms with van der Waals surface area (Å²) in [5.41, 5.74) is 3.17. The molecule has 0 bridgehead atoms. The number of fused-ring (bicyclic) bond motifs is 2. The highest BCUT2D eigenvalue weighted by Crippen LogP contribution is 2.28. The van der Waals surface area contributed by atoms with Crippen LogP contribution >= 0.6 is 11.6 Å². The number of ether oxygens (including phenoxy) is 1. The van der Waals surface area contributed by atoms with E-state index in [2.05, 4.69) is 10.2 Å². The van der Waals surface area contributed by atoms with Gasteiger partial charge in [-0.3, -0.25) is 19.1 Å². The second-order valence-corrected chi connectivity index (χ2v) is 8.47. The van der Waals surface area contributed by atoms with Gasteiger partial charge in [-0.1, -0.05) is 23.7 Å². The Morgan fingerprint density at radius 2 is 1.91 bits per heavy atom. The molecule has 2 aliphatic heterocycles. The van der Waals surface area contributed by atoms with Crippen molar-refractivity contribution in [3.63, 3.8) is 0 Å². The summed E-state index contributed by atoms with van der Waals surface area (Å²) in [6.07, 6.45) is 2.78. The van der Waals surface area contributed by atoms with Crippen LogP contribution in [0, 0.1) is 0 Å². The molecule has 1 amide bonds. The van der Waals surface area contributed by atoms with Crippen molar-refractivity contribution in [2.24, 2.45) is 0 Å². The quantitative estimate of drug-likeness (QED) is 0.660. The first-order valence-electron chi connectivity index (χ1n) is 10.7. The Bertz CT molecular complexity index is 1260. The van der Waals surface area contributed by atoms with Crippen LogP contribution in [0.25, 0.3) is 22.6 Å². The van der Waals surface area contributed by atoms with Crippen molar-refractivity contribution in [2.75, 3.05) is 38.2 Å². The van der Waals surface area contributed by atoms with Crippen LogP contribution < -0.4 is 10.9 Å². The predicted molar refractivity (Wildman–Crippen MR) is 126 cm³/mol. The number of halogens is 1. The molecule has 3 aromatic rings. The number of nitrogens with zero attached hydrogens (tertiary/aromatic N) is 3. The zero-order chi connectivity index (χ0) is 22.1. The van der Waals surface area contributed by atoms with Crippen LogP contribution in [0.15, 0.2) is 47.3 Å². The van der Waals surface area contributed by atoms with E-state index in [0.717, 1.165) is 30.6 Å². The highest BCUT2D eigenvalue weighted by Gasteiger charge is 2.21. The number of nitrogens with one attached hydrogen (secondary N) is 1. The number of hydrogen-bond acceptors (Lipinski definition) is 5. The maximum absolute atomic E-state index is 13.0. The summed E-state index contributed by atoms with van der Waals surface area (Å²) >= 11 is 5.98. The lowest BCUT2D eigenvalue weighted by molar-refractivity contribution is -0.118. The number of allylic oxidation sites excluding steroid dienone is 1. The number of aromatic nitrogens is 2. The molecule has 1 fully saturated rings. The summed E-state index contributed by atoms with van der Waals surface area (Å²) in [5.74, 6) is 0.585. The van der Waals surface area contributed by atoms with Gasteiger partial charge < -0.3 is 10.1 Å². The lowest BCUT2D eigenvalue weighted by Crippen LogP contribution is -2.41. The Hall–Kier alpha value is -3.00. The summed E-state index contributed by atoms with van der Waals surface area (Å²) in [7, 11) is 0. The van der Waals surface area contributed by atoms with E-state index in [-0.39, 0.29) is 11.5 Å². The maximum Gasteiger partial charge on any atom is 0.261 e. The monoisotopic (exact) mass is 450 g/mol. The first kappa shape index (κ1) is 20.9. The summed E-state index contributed by atoms with van der Waals surface area (Å²) in [6, 6.07) is 12.8. The largest absolute Gasteiger partial charge is 0.379 e.